The molecule has 1 fully saturated rings. The number of benzene rings is 1. The van der Waals surface area contributed by atoms with E-state index in [9.17, 15) is 0 Å². The van der Waals surface area contributed by atoms with E-state index in [2.05, 4.69) is 36.9 Å². The van der Waals surface area contributed by atoms with Gasteiger partial charge in [-0.25, -0.2) is 0 Å². The van der Waals surface area contributed by atoms with Gasteiger partial charge in [0.25, 0.3) is 0 Å². The lowest BCUT2D eigenvalue weighted by molar-refractivity contribution is 0.253. The van der Waals surface area contributed by atoms with E-state index in [1.165, 1.54) is 18.4 Å². The van der Waals surface area contributed by atoms with Crippen molar-refractivity contribution in [3.8, 4) is 0 Å². The highest BCUT2D eigenvalue weighted by atomic mass is 15.2. The molecule has 1 aliphatic heterocycles. The lowest BCUT2D eigenvalue weighted by Gasteiger charge is -2.37. The molecule has 4 heteroatoms. The number of nitrogens with one attached hydrogen (secondary N) is 1. The molecule has 0 aliphatic carbocycles. The van der Waals surface area contributed by atoms with Crippen molar-refractivity contribution in [2.75, 3.05) is 32.1 Å². The van der Waals surface area contributed by atoms with Gasteiger partial charge in [0.15, 0.2) is 0 Å². The first-order valence-corrected chi connectivity index (χ1v) is 6.86. The number of likely N-dealkylation sites (tertiary alicyclic amines) is 1. The number of aryl methyl sites for hydroxylation is 1. The fraction of sp³-hybridized carbons (Fsp3) is 0.533. The Balaban J connectivity index is 2.28. The average molecular weight is 260 g/mol. The molecule has 0 saturated carbocycles. The summed E-state index contributed by atoms with van der Waals surface area (Å²) in [6.07, 6.45) is 2.33. The van der Waals surface area contributed by atoms with Gasteiger partial charge in [0.05, 0.1) is 5.69 Å². The first kappa shape index (κ1) is 13.9. The van der Waals surface area contributed by atoms with Gasteiger partial charge < -0.3 is 15.5 Å². The summed E-state index contributed by atoms with van der Waals surface area (Å²) < 4.78 is 0. The summed E-state index contributed by atoms with van der Waals surface area (Å²) in [6.45, 7) is 4.36. The van der Waals surface area contributed by atoms with E-state index in [1.54, 1.807) is 0 Å². The number of hydrogen-bond acceptors (Lipinski definition) is 3. The van der Waals surface area contributed by atoms with Crippen molar-refractivity contribution >= 4 is 11.5 Å². The zero-order valence-electron chi connectivity index (χ0n) is 12.1. The van der Waals surface area contributed by atoms with Crippen molar-refractivity contribution in [2.24, 2.45) is 5.73 Å². The average Bonchev–Trinajstić information content (AvgIpc) is 2.38. The Kier molecular flexibility index (Phi) is 4.10. The van der Waals surface area contributed by atoms with Gasteiger partial charge in [-0.1, -0.05) is 12.1 Å². The molecule has 3 N–H and O–H groups in total. The molecule has 0 unspecified atom stereocenters. The van der Waals surface area contributed by atoms with Crippen molar-refractivity contribution in [3.63, 3.8) is 0 Å². The molecule has 0 atom stereocenters. The minimum absolute atomic E-state index is 0.151. The summed E-state index contributed by atoms with van der Waals surface area (Å²) in [5, 5.41) is 7.76. The number of nitrogen functional groups attached to an aromatic ring is 1. The van der Waals surface area contributed by atoms with Crippen LogP contribution in [0.1, 0.15) is 24.0 Å². The fourth-order valence-corrected chi connectivity index (χ4v) is 2.91. The maximum absolute atomic E-state index is 7.76. The Bertz CT molecular complexity index is 461. The van der Waals surface area contributed by atoms with E-state index in [-0.39, 0.29) is 5.84 Å². The normalized spacial score (nSPS) is 17.4. The van der Waals surface area contributed by atoms with E-state index in [0.29, 0.717) is 6.04 Å². The second-order valence-electron chi connectivity index (χ2n) is 5.53. The standard InChI is InChI=1S/C15H24N4/c1-11-5-4-6-13(15(16)17)14(11)19(3)12-7-9-18(2)10-8-12/h4-6,12H,7-10H2,1-3H3,(H3,16,17). The zero-order valence-corrected chi connectivity index (χ0v) is 12.1. The van der Waals surface area contributed by atoms with E-state index in [4.69, 9.17) is 11.1 Å². The van der Waals surface area contributed by atoms with Gasteiger partial charge in [-0.2, -0.15) is 0 Å². The molecule has 0 bridgehead atoms. The third kappa shape index (κ3) is 2.89. The summed E-state index contributed by atoms with van der Waals surface area (Å²) in [5.41, 5.74) is 8.87. The Labute approximate surface area is 115 Å². The summed E-state index contributed by atoms with van der Waals surface area (Å²) in [4.78, 5) is 4.69. The van der Waals surface area contributed by atoms with E-state index < -0.39 is 0 Å². The molecule has 1 aliphatic rings. The van der Waals surface area contributed by atoms with Gasteiger partial charge in [-0.05, 0) is 51.5 Å². The Morgan fingerprint density at radius 3 is 2.58 bits per heavy atom. The Hall–Kier alpha value is -1.55. The summed E-state index contributed by atoms with van der Waals surface area (Å²) in [7, 11) is 4.30. The minimum Gasteiger partial charge on any atom is -0.384 e. The van der Waals surface area contributed by atoms with Crippen LogP contribution in [-0.4, -0.2) is 44.0 Å². The van der Waals surface area contributed by atoms with Crippen molar-refractivity contribution < 1.29 is 0 Å². The number of rotatable bonds is 3. The predicted octanol–water partition coefficient (Wildman–Crippen LogP) is 1.81. The fourth-order valence-electron chi connectivity index (χ4n) is 2.91. The molecular weight excluding hydrogens is 236 g/mol. The number of nitrogens with zero attached hydrogens (tertiary/aromatic N) is 2. The number of para-hydroxylation sites is 1. The van der Waals surface area contributed by atoms with Crippen LogP contribution in [0.4, 0.5) is 5.69 Å². The molecule has 1 saturated heterocycles. The molecule has 0 radical (unpaired) electrons. The second kappa shape index (κ2) is 5.61. The first-order chi connectivity index (χ1) is 9.00. The van der Waals surface area contributed by atoms with Gasteiger partial charge in [0.2, 0.25) is 0 Å². The van der Waals surface area contributed by atoms with Crippen LogP contribution in [-0.2, 0) is 0 Å². The highest BCUT2D eigenvalue weighted by Crippen LogP contribution is 2.28. The largest absolute Gasteiger partial charge is 0.384 e. The topological polar surface area (TPSA) is 56.4 Å². The van der Waals surface area contributed by atoms with Gasteiger partial charge >= 0.3 is 0 Å². The van der Waals surface area contributed by atoms with Gasteiger partial charge in [-0.3, -0.25) is 5.41 Å². The molecule has 0 amide bonds. The minimum atomic E-state index is 0.151. The van der Waals surface area contributed by atoms with Crippen LogP contribution in [0.3, 0.4) is 0 Å². The van der Waals surface area contributed by atoms with E-state index >= 15 is 0 Å². The van der Waals surface area contributed by atoms with Crippen molar-refractivity contribution in [1.82, 2.24) is 4.90 Å². The van der Waals surface area contributed by atoms with Crippen LogP contribution in [0.25, 0.3) is 0 Å². The molecule has 4 nitrogen and oxygen atoms in total. The van der Waals surface area contributed by atoms with Gasteiger partial charge in [0, 0.05) is 18.7 Å². The van der Waals surface area contributed by atoms with Crippen LogP contribution in [0.15, 0.2) is 18.2 Å². The van der Waals surface area contributed by atoms with E-state index in [1.807, 2.05) is 12.1 Å². The van der Waals surface area contributed by atoms with Crippen LogP contribution in [0, 0.1) is 12.3 Å². The predicted molar refractivity (Wildman–Crippen MR) is 81.1 cm³/mol. The lowest BCUT2D eigenvalue weighted by atomic mass is 10.00. The third-order valence-corrected chi connectivity index (χ3v) is 4.12. The Morgan fingerprint density at radius 2 is 2.00 bits per heavy atom. The molecular formula is C15H24N4. The molecule has 1 heterocycles. The van der Waals surface area contributed by atoms with Crippen molar-refractivity contribution in [2.45, 2.75) is 25.8 Å². The van der Waals surface area contributed by atoms with Crippen LogP contribution in [0.2, 0.25) is 0 Å². The SMILES string of the molecule is Cc1cccc(C(=N)N)c1N(C)C1CCN(C)CC1. The quantitative estimate of drug-likeness (QED) is 0.644. The van der Waals surface area contributed by atoms with Gasteiger partial charge in [-0.15, -0.1) is 0 Å². The van der Waals surface area contributed by atoms with Crippen molar-refractivity contribution in [3.05, 3.63) is 29.3 Å². The molecule has 0 spiro atoms. The third-order valence-electron chi connectivity index (χ3n) is 4.12. The number of hydrogen-bond donors (Lipinski definition) is 2. The molecule has 104 valence electrons. The zero-order chi connectivity index (χ0) is 14.0. The summed E-state index contributed by atoms with van der Waals surface area (Å²) in [6, 6.07) is 6.54. The summed E-state index contributed by atoms with van der Waals surface area (Å²) in [5.74, 6) is 0.151. The monoisotopic (exact) mass is 260 g/mol. The molecule has 19 heavy (non-hydrogen) atoms. The van der Waals surface area contributed by atoms with Crippen LogP contribution in [0.5, 0.6) is 0 Å². The van der Waals surface area contributed by atoms with Gasteiger partial charge in [0.1, 0.15) is 5.84 Å². The van der Waals surface area contributed by atoms with E-state index in [0.717, 1.165) is 24.3 Å². The number of anilines is 1. The Morgan fingerprint density at radius 1 is 1.37 bits per heavy atom. The number of amidine groups is 1. The highest BCUT2D eigenvalue weighted by Gasteiger charge is 2.23. The first-order valence-electron chi connectivity index (χ1n) is 6.86. The summed E-state index contributed by atoms with van der Waals surface area (Å²) >= 11 is 0. The lowest BCUT2D eigenvalue weighted by Crippen LogP contribution is -2.42. The number of piperidine rings is 1. The van der Waals surface area contributed by atoms with Crippen LogP contribution < -0.4 is 10.6 Å². The highest BCUT2D eigenvalue weighted by molar-refractivity contribution is 6.01. The number of nitrogens with two attached hydrogens (primary N) is 1. The molecule has 1 aromatic rings. The molecule has 2 rings (SSSR count). The second-order valence-corrected chi connectivity index (χ2v) is 5.53. The van der Waals surface area contributed by atoms with Crippen molar-refractivity contribution in [1.29, 1.82) is 5.41 Å². The van der Waals surface area contributed by atoms with Crippen LogP contribution >= 0.6 is 0 Å². The molecule has 1 aromatic carbocycles. The maximum atomic E-state index is 7.76. The maximum Gasteiger partial charge on any atom is 0.124 e. The molecule has 0 aromatic heterocycles. The smallest absolute Gasteiger partial charge is 0.124 e.